The molecule has 2 unspecified atom stereocenters. The Labute approximate surface area is 174 Å². The normalized spacial score (nSPS) is 19.6. The monoisotopic (exact) mass is 395 g/mol. The zero-order chi connectivity index (χ0) is 20.7. The van der Waals surface area contributed by atoms with Gasteiger partial charge in [0, 0.05) is 48.4 Å². The Balaban J connectivity index is 1.56. The summed E-state index contributed by atoms with van der Waals surface area (Å²) in [7, 11) is 0. The quantitative estimate of drug-likeness (QED) is 0.665. The van der Waals surface area contributed by atoms with Crippen LogP contribution in [0, 0.1) is 17.2 Å². The fraction of sp³-hybridized carbons (Fsp3) is 0.240. The SMILES string of the molecule is N#Cc1cccc(-c2ccc(=O)n3c2C2CC(CN(C(=O)c4ccccc4)C2)C3)c1. The lowest BCUT2D eigenvalue weighted by molar-refractivity contribution is 0.0595. The fourth-order valence-electron chi connectivity index (χ4n) is 4.94. The van der Waals surface area contributed by atoms with Crippen LogP contribution in [0.25, 0.3) is 11.1 Å². The van der Waals surface area contributed by atoms with E-state index in [0.717, 1.165) is 23.2 Å². The molecule has 3 heterocycles. The Kier molecular flexibility index (Phi) is 4.48. The van der Waals surface area contributed by atoms with Gasteiger partial charge in [0.05, 0.1) is 11.6 Å². The minimum absolute atomic E-state index is 0.00252. The molecule has 2 aliphatic heterocycles. The Bertz CT molecular complexity index is 1220. The number of benzene rings is 2. The summed E-state index contributed by atoms with van der Waals surface area (Å²) >= 11 is 0. The van der Waals surface area contributed by atoms with Crippen LogP contribution in [-0.2, 0) is 6.54 Å². The number of hydrogen-bond acceptors (Lipinski definition) is 3. The maximum Gasteiger partial charge on any atom is 0.253 e. The van der Waals surface area contributed by atoms with Crippen molar-refractivity contribution in [2.75, 3.05) is 13.1 Å². The highest BCUT2D eigenvalue weighted by molar-refractivity contribution is 5.94. The van der Waals surface area contributed by atoms with Crippen molar-refractivity contribution in [1.82, 2.24) is 9.47 Å². The van der Waals surface area contributed by atoms with E-state index in [0.29, 0.717) is 30.8 Å². The summed E-state index contributed by atoms with van der Waals surface area (Å²) < 4.78 is 1.89. The molecule has 3 aromatic rings. The van der Waals surface area contributed by atoms with Crippen molar-refractivity contribution < 1.29 is 4.79 Å². The number of aromatic nitrogens is 1. The maximum atomic E-state index is 13.1. The second-order valence-electron chi connectivity index (χ2n) is 8.15. The Morgan fingerprint density at radius 1 is 0.967 bits per heavy atom. The van der Waals surface area contributed by atoms with Crippen LogP contribution in [0.2, 0.25) is 0 Å². The van der Waals surface area contributed by atoms with Crippen molar-refractivity contribution in [3.05, 3.63) is 93.9 Å². The van der Waals surface area contributed by atoms with E-state index in [4.69, 9.17) is 0 Å². The number of rotatable bonds is 2. The molecule has 0 N–H and O–H groups in total. The molecule has 2 atom stereocenters. The van der Waals surface area contributed by atoms with E-state index in [1.165, 1.54) is 0 Å². The van der Waals surface area contributed by atoms with Gasteiger partial charge in [-0.15, -0.1) is 0 Å². The Morgan fingerprint density at radius 3 is 2.60 bits per heavy atom. The first-order chi connectivity index (χ1) is 14.6. The molecule has 5 rings (SSSR count). The topological polar surface area (TPSA) is 66.1 Å². The van der Waals surface area contributed by atoms with Gasteiger partial charge in [0.15, 0.2) is 0 Å². The molecular formula is C25H21N3O2. The summed E-state index contributed by atoms with van der Waals surface area (Å²) in [5, 5.41) is 9.29. The summed E-state index contributed by atoms with van der Waals surface area (Å²) in [5.41, 5.74) is 4.19. The lowest BCUT2D eigenvalue weighted by Crippen LogP contribution is -2.49. The predicted molar refractivity (Wildman–Crippen MR) is 114 cm³/mol. The number of carbonyl (C=O) groups is 1. The minimum Gasteiger partial charge on any atom is -0.338 e. The number of carbonyl (C=O) groups excluding carboxylic acids is 1. The molecule has 0 aliphatic carbocycles. The first-order valence-electron chi connectivity index (χ1n) is 10.2. The first-order valence-corrected chi connectivity index (χ1v) is 10.2. The van der Waals surface area contributed by atoms with Crippen molar-refractivity contribution >= 4 is 5.91 Å². The first kappa shape index (κ1) is 18.4. The van der Waals surface area contributed by atoms with E-state index in [9.17, 15) is 14.9 Å². The second-order valence-corrected chi connectivity index (χ2v) is 8.15. The average Bonchev–Trinajstić information content (AvgIpc) is 2.79. The third-order valence-corrected chi connectivity index (χ3v) is 6.20. The van der Waals surface area contributed by atoms with Gasteiger partial charge < -0.3 is 9.47 Å². The van der Waals surface area contributed by atoms with Crippen LogP contribution in [-0.4, -0.2) is 28.5 Å². The molecule has 1 fully saturated rings. The average molecular weight is 395 g/mol. The van der Waals surface area contributed by atoms with E-state index in [2.05, 4.69) is 6.07 Å². The molecule has 2 aliphatic rings. The number of fused-ring (bicyclic) bond motifs is 4. The summed E-state index contributed by atoms with van der Waals surface area (Å²) in [6, 6.07) is 22.5. The lowest BCUT2D eigenvalue weighted by atomic mass is 9.80. The molecule has 0 spiro atoms. The highest BCUT2D eigenvalue weighted by Gasteiger charge is 2.38. The Morgan fingerprint density at radius 2 is 1.80 bits per heavy atom. The molecule has 0 saturated carbocycles. The molecule has 2 bridgehead atoms. The summed E-state index contributed by atoms with van der Waals surface area (Å²) in [4.78, 5) is 27.7. The minimum atomic E-state index is 0.00252. The lowest BCUT2D eigenvalue weighted by Gasteiger charge is -2.43. The molecule has 0 radical (unpaired) electrons. The smallest absolute Gasteiger partial charge is 0.253 e. The fourth-order valence-corrected chi connectivity index (χ4v) is 4.94. The zero-order valence-electron chi connectivity index (χ0n) is 16.5. The number of amides is 1. The molecule has 1 saturated heterocycles. The van der Waals surface area contributed by atoms with Gasteiger partial charge in [-0.05, 0) is 48.2 Å². The van der Waals surface area contributed by atoms with E-state index < -0.39 is 0 Å². The van der Waals surface area contributed by atoms with Crippen molar-refractivity contribution in [1.29, 1.82) is 5.26 Å². The summed E-state index contributed by atoms with van der Waals surface area (Å²) in [5.74, 6) is 0.409. The largest absolute Gasteiger partial charge is 0.338 e. The number of hydrogen-bond donors (Lipinski definition) is 0. The van der Waals surface area contributed by atoms with Gasteiger partial charge in [-0.25, -0.2) is 0 Å². The molecule has 1 amide bonds. The standard InChI is InChI=1S/C25H21N3O2/c26-13-17-5-4-8-20(11-17)22-9-10-23(29)28-15-18-12-21(24(22)28)16-27(14-18)25(30)19-6-2-1-3-7-19/h1-11,18,21H,12,14-16H2. The summed E-state index contributed by atoms with van der Waals surface area (Å²) in [6.07, 6.45) is 0.965. The van der Waals surface area contributed by atoms with Gasteiger partial charge in [-0.3, -0.25) is 9.59 Å². The highest BCUT2D eigenvalue weighted by atomic mass is 16.2. The van der Waals surface area contributed by atoms with E-state index in [1.54, 1.807) is 12.1 Å². The van der Waals surface area contributed by atoms with Crippen molar-refractivity contribution in [2.24, 2.45) is 5.92 Å². The maximum absolute atomic E-state index is 13.1. The van der Waals surface area contributed by atoms with E-state index in [1.807, 2.05) is 64.1 Å². The number of likely N-dealkylation sites (tertiary alicyclic amines) is 1. The van der Waals surface area contributed by atoms with Crippen LogP contribution in [0.5, 0.6) is 0 Å². The van der Waals surface area contributed by atoms with E-state index >= 15 is 0 Å². The van der Waals surface area contributed by atoms with Gasteiger partial charge >= 0.3 is 0 Å². The third-order valence-electron chi connectivity index (χ3n) is 6.20. The van der Waals surface area contributed by atoms with Crippen molar-refractivity contribution in [3.63, 3.8) is 0 Å². The molecule has 5 heteroatoms. The van der Waals surface area contributed by atoms with Crippen LogP contribution >= 0.6 is 0 Å². The Hall–Kier alpha value is -3.65. The zero-order valence-corrected chi connectivity index (χ0v) is 16.5. The van der Waals surface area contributed by atoms with Crippen LogP contribution in [0.4, 0.5) is 0 Å². The van der Waals surface area contributed by atoms with Gasteiger partial charge in [0.1, 0.15) is 0 Å². The number of nitrogens with zero attached hydrogens (tertiary/aromatic N) is 3. The van der Waals surface area contributed by atoms with E-state index in [-0.39, 0.29) is 23.3 Å². The molecular weight excluding hydrogens is 374 g/mol. The second kappa shape index (κ2) is 7.31. The van der Waals surface area contributed by atoms with Crippen LogP contribution < -0.4 is 5.56 Å². The van der Waals surface area contributed by atoms with Crippen LogP contribution in [0.15, 0.2) is 71.5 Å². The van der Waals surface area contributed by atoms with Gasteiger partial charge in [0.25, 0.3) is 11.5 Å². The van der Waals surface area contributed by atoms with Crippen molar-refractivity contribution in [2.45, 2.75) is 18.9 Å². The summed E-state index contributed by atoms with van der Waals surface area (Å²) in [6.45, 7) is 1.89. The highest BCUT2D eigenvalue weighted by Crippen LogP contribution is 2.40. The third kappa shape index (κ3) is 3.11. The molecule has 5 nitrogen and oxygen atoms in total. The molecule has 30 heavy (non-hydrogen) atoms. The molecule has 148 valence electrons. The number of nitriles is 1. The van der Waals surface area contributed by atoms with Gasteiger partial charge in [-0.1, -0.05) is 30.3 Å². The molecule has 1 aromatic heterocycles. The van der Waals surface area contributed by atoms with Crippen LogP contribution in [0.3, 0.4) is 0 Å². The van der Waals surface area contributed by atoms with Gasteiger partial charge in [0.2, 0.25) is 0 Å². The number of pyridine rings is 1. The van der Waals surface area contributed by atoms with Crippen LogP contribution in [0.1, 0.15) is 34.0 Å². The van der Waals surface area contributed by atoms with Crippen molar-refractivity contribution in [3.8, 4) is 17.2 Å². The number of piperidine rings is 1. The molecule has 2 aromatic carbocycles. The van der Waals surface area contributed by atoms with Gasteiger partial charge in [-0.2, -0.15) is 5.26 Å². The predicted octanol–water partition coefficient (Wildman–Crippen LogP) is 3.65.